The Morgan fingerprint density at radius 2 is 1.60 bits per heavy atom. The Bertz CT molecular complexity index is 933. The van der Waals surface area contributed by atoms with E-state index < -0.39 is 36.9 Å². The van der Waals surface area contributed by atoms with Crippen LogP contribution in [-0.2, 0) is 17.1 Å². The molecule has 1 N–H and O–H groups in total. The van der Waals surface area contributed by atoms with Gasteiger partial charge in [-0.3, -0.25) is 9.59 Å². The number of alkyl halides is 6. The Kier molecular flexibility index (Phi) is 8.35. The minimum atomic E-state index is -2.11. The summed E-state index contributed by atoms with van der Waals surface area (Å²) in [5.41, 5.74) is -0.247. The molecule has 1 aromatic heterocycles. The number of amides is 1. The summed E-state index contributed by atoms with van der Waals surface area (Å²) in [5.74, 6) is -3.30. The highest BCUT2D eigenvalue weighted by molar-refractivity contribution is 6.67. The van der Waals surface area contributed by atoms with Crippen LogP contribution in [0.15, 0.2) is 18.2 Å². The molecule has 1 heterocycles. The summed E-state index contributed by atoms with van der Waals surface area (Å²) >= 11 is 34.8. The number of hydrogen-bond acceptors (Lipinski definition) is 6. The van der Waals surface area contributed by atoms with E-state index >= 15 is 0 Å². The minimum Gasteiger partial charge on any atom is -0.465 e. The predicted molar refractivity (Wildman–Crippen MR) is 113 cm³/mol. The lowest BCUT2D eigenvalue weighted by molar-refractivity contribution is -0.141. The molecule has 0 fully saturated rings. The van der Waals surface area contributed by atoms with Crippen molar-refractivity contribution in [1.82, 2.24) is 20.3 Å². The van der Waals surface area contributed by atoms with Crippen molar-refractivity contribution in [2.24, 2.45) is 0 Å². The summed E-state index contributed by atoms with van der Waals surface area (Å²) in [6, 6.07) is 3.38. The zero-order valence-corrected chi connectivity index (χ0v) is 19.4. The summed E-state index contributed by atoms with van der Waals surface area (Å²) in [6.45, 7) is 1.41. The van der Waals surface area contributed by atoms with Gasteiger partial charge in [-0.05, 0) is 25.1 Å². The van der Waals surface area contributed by atoms with Crippen LogP contribution in [-0.4, -0.2) is 40.0 Å². The van der Waals surface area contributed by atoms with Crippen LogP contribution in [0.5, 0.6) is 0 Å². The molecule has 162 valence electrons. The van der Waals surface area contributed by atoms with E-state index in [1.54, 1.807) is 6.92 Å². The third-order valence-corrected chi connectivity index (χ3v) is 4.33. The summed E-state index contributed by atoms with van der Waals surface area (Å²) in [7, 11) is 0. The van der Waals surface area contributed by atoms with Crippen molar-refractivity contribution in [3.8, 4) is 11.4 Å². The van der Waals surface area contributed by atoms with Crippen molar-refractivity contribution >= 4 is 81.5 Å². The van der Waals surface area contributed by atoms with E-state index in [9.17, 15) is 14.0 Å². The molecule has 0 aliphatic rings. The first-order chi connectivity index (χ1) is 13.8. The second kappa shape index (κ2) is 9.97. The third kappa shape index (κ3) is 6.67. The van der Waals surface area contributed by atoms with Gasteiger partial charge >= 0.3 is 5.97 Å². The highest BCUT2D eigenvalue weighted by atomic mass is 35.6. The molecular formula is C16H11Cl6FN4O3. The van der Waals surface area contributed by atoms with Gasteiger partial charge in [-0.2, -0.15) is 0 Å². The second-order valence-electron chi connectivity index (χ2n) is 5.48. The van der Waals surface area contributed by atoms with Crippen molar-refractivity contribution < 1.29 is 18.7 Å². The zero-order chi connectivity index (χ0) is 22.7. The van der Waals surface area contributed by atoms with Crippen molar-refractivity contribution in [3.63, 3.8) is 0 Å². The Labute approximate surface area is 200 Å². The molecule has 30 heavy (non-hydrogen) atoms. The quantitative estimate of drug-likeness (QED) is 0.441. The first kappa shape index (κ1) is 25.1. The van der Waals surface area contributed by atoms with Gasteiger partial charge < -0.3 is 10.1 Å². The van der Waals surface area contributed by atoms with Crippen LogP contribution in [0.25, 0.3) is 11.4 Å². The smallest absolute Gasteiger partial charge is 0.325 e. The van der Waals surface area contributed by atoms with Crippen molar-refractivity contribution in [2.45, 2.75) is 14.5 Å². The van der Waals surface area contributed by atoms with Gasteiger partial charge in [-0.15, -0.1) is 0 Å². The number of nitrogens with one attached hydrogen (secondary N) is 1. The number of ether oxygens (including phenoxy) is 1. The Morgan fingerprint density at radius 3 is 2.07 bits per heavy atom. The normalized spacial score (nSPS) is 11.9. The van der Waals surface area contributed by atoms with Gasteiger partial charge in [0.1, 0.15) is 12.4 Å². The molecule has 0 saturated carbocycles. The molecule has 14 heteroatoms. The van der Waals surface area contributed by atoms with Crippen molar-refractivity contribution in [3.05, 3.63) is 41.2 Å². The molecule has 0 aliphatic heterocycles. The van der Waals surface area contributed by atoms with E-state index in [1.807, 2.05) is 0 Å². The van der Waals surface area contributed by atoms with Crippen molar-refractivity contribution in [2.75, 3.05) is 13.2 Å². The molecule has 0 spiro atoms. The molecule has 2 aromatic rings. The maximum Gasteiger partial charge on any atom is 0.325 e. The van der Waals surface area contributed by atoms with Gasteiger partial charge in [0, 0.05) is 5.56 Å². The molecule has 7 nitrogen and oxygen atoms in total. The summed E-state index contributed by atoms with van der Waals surface area (Å²) in [5, 5.41) is 2.30. The van der Waals surface area contributed by atoms with E-state index in [0.717, 1.165) is 6.07 Å². The second-order valence-corrected chi connectivity index (χ2v) is 10.0. The van der Waals surface area contributed by atoms with Crippen LogP contribution < -0.4 is 5.32 Å². The standard InChI is InChI=1S/C16H11Cl6FN4O3/c1-2-30-10(28)6-24-12(29)7-3-4-8(9(23)5-7)11-25-13(15(17,18)19)27-14(26-11)16(20,21)22/h3-5H,2,6H2,1H3,(H,24,29). The van der Waals surface area contributed by atoms with Gasteiger partial charge in [0.25, 0.3) is 5.91 Å². The lowest BCUT2D eigenvalue weighted by Gasteiger charge is -2.16. The number of hydrogen-bond donors (Lipinski definition) is 1. The molecule has 0 unspecified atom stereocenters. The Hall–Kier alpha value is -1.16. The predicted octanol–water partition coefficient (Wildman–Crippen LogP) is 4.62. The van der Waals surface area contributed by atoms with Gasteiger partial charge in [-0.25, -0.2) is 19.3 Å². The number of esters is 1. The number of benzene rings is 1. The van der Waals surface area contributed by atoms with E-state index in [1.165, 1.54) is 12.1 Å². The van der Waals surface area contributed by atoms with Crippen LogP contribution in [0.2, 0.25) is 0 Å². The molecule has 0 saturated heterocycles. The van der Waals surface area contributed by atoms with Gasteiger partial charge in [0.2, 0.25) is 7.59 Å². The molecular weight excluding hydrogens is 528 g/mol. The van der Waals surface area contributed by atoms with E-state index in [-0.39, 0.29) is 30.1 Å². The van der Waals surface area contributed by atoms with Crippen LogP contribution >= 0.6 is 69.6 Å². The molecule has 2 rings (SSSR count). The summed E-state index contributed by atoms with van der Waals surface area (Å²) in [6.07, 6.45) is 0. The van der Waals surface area contributed by atoms with Crippen molar-refractivity contribution in [1.29, 1.82) is 0 Å². The average molecular weight is 539 g/mol. The number of halogens is 7. The molecule has 0 radical (unpaired) electrons. The minimum absolute atomic E-state index is 0.0715. The Morgan fingerprint density at radius 1 is 1.03 bits per heavy atom. The number of carbonyl (C=O) groups is 2. The molecule has 0 aliphatic carbocycles. The number of carbonyl (C=O) groups excluding carboxylic acids is 2. The van der Waals surface area contributed by atoms with Crippen LogP contribution in [0, 0.1) is 5.82 Å². The van der Waals surface area contributed by atoms with E-state index in [4.69, 9.17) is 74.3 Å². The lowest BCUT2D eigenvalue weighted by atomic mass is 10.1. The average Bonchev–Trinajstić information content (AvgIpc) is 2.64. The summed E-state index contributed by atoms with van der Waals surface area (Å²) in [4.78, 5) is 35.0. The number of rotatable bonds is 5. The first-order valence-corrected chi connectivity index (χ1v) is 10.2. The van der Waals surface area contributed by atoms with Crippen LogP contribution in [0.1, 0.15) is 28.9 Å². The lowest BCUT2D eigenvalue weighted by Crippen LogP contribution is -2.30. The van der Waals surface area contributed by atoms with Crippen LogP contribution in [0.4, 0.5) is 4.39 Å². The molecule has 1 amide bonds. The third-order valence-electron chi connectivity index (χ3n) is 3.31. The van der Waals surface area contributed by atoms with Gasteiger partial charge in [-0.1, -0.05) is 69.6 Å². The maximum atomic E-state index is 14.7. The fourth-order valence-corrected chi connectivity index (χ4v) is 2.56. The molecule has 0 bridgehead atoms. The van der Waals surface area contributed by atoms with Crippen LogP contribution in [0.3, 0.4) is 0 Å². The maximum absolute atomic E-state index is 14.7. The fourth-order valence-electron chi connectivity index (χ4n) is 2.05. The van der Waals surface area contributed by atoms with E-state index in [0.29, 0.717) is 0 Å². The largest absolute Gasteiger partial charge is 0.465 e. The highest BCUT2D eigenvalue weighted by Gasteiger charge is 2.34. The number of aromatic nitrogens is 3. The summed E-state index contributed by atoms with van der Waals surface area (Å²) < 4.78 is 15.2. The SMILES string of the molecule is CCOC(=O)CNC(=O)c1ccc(-c2nc(C(Cl)(Cl)Cl)nc(C(Cl)(Cl)Cl)n2)c(F)c1. The highest BCUT2D eigenvalue weighted by Crippen LogP contribution is 2.40. The fraction of sp³-hybridized carbons (Fsp3) is 0.312. The molecule has 1 aromatic carbocycles. The first-order valence-electron chi connectivity index (χ1n) is 7.97. The zero-order valence-electron chi connectivity index (χ0n) is 14.9. The topological polar surface area (TPSA) is 94.1 Å². The molecule has 0 atom stereocenters. The monoisotopic (exact) mass is 536 g/mol. The van der Waals surface area contributed by atoms with Gasteiger partial charge in [0.05, 0.1) is 12.2 Å². The Balaban J connectivity index is 2.39. The van der Waals surface area contributed by atoms with Gasteiger partial charge in [0.15, 0.2) is 17.5 Å². The van der Waals surface area contributed by atoms with E-state index in [2.05, 4.69) is 20.3 Å². The number of nitrogens with zero attached hydrogens (tertiary/aromatic N) is 3.